The Morgan fingerprint density at radius 3 is 1.52 bits per heavy atom. The highest BCUT2D eigenvalue weighted by molar-refractivity contribution is 5.96. The number of carbonyl (C=O) groups is 2. The van der Waals surface area contributed by atoms with Crippen LogP contribution in [0.2, 0.25) is 0 Å². The summed E-state index contributed by atoms with van der Waals surface area (Å²) in [6.45, 7) is 9.78. The van der Waals surface area contributed by atoms with Crippen molar-refractivity contribution >= 4 is 11.8 Å². The van der Waals surface area contributed by atoms with Gasteiger partial charge in [0.2, 0.25) is 0 Å². The lowest BCUT2D eigenvalue weighted by atomic mass is 9.78. The Hall–Kier alpha value is -3.40. The lowest BCUT2D eigenvalue weighted by Gasteiger charge is -2.26. The highest BCUT2D eigenvalue weighted by Crippen LogP contribution is 2.33. The third-order valence-corrected chi connectivity index (χ3v) is 5.13. The summed E-state index contributed by atoms with van der Waals surface area (Å²) in [5.74, 6) is 0.797. The first-order valence-corrected chi connectivity index (χ1v) is 10.4. The molecular formula is C27H30O4. The fourth-order valence-electron chi connectivity index (χ4n) is 3.12. The third-order valence-electron chi connectivity index (χ3n) is 5.13. The van der Waals surface area contributed by atoms with E-state index in [2.05, 4.69) is 26.0 Å². The molecule has 0 N–H and O–H groups in total. The number of carbonyl (C=O) groups excluding carboxylic acids is 2. The number of esters is 1. The lowest BCUT2D eigenvalue weighted by Crippen LogP contribution is -2.18. The second-order valence-corrected chi connectivity index (χ2v) is 7.40. The monoisotopic (exact) mass is 418 g/mol. The molecule has 0 aliphatic heterocycles. The first-order valence-electron chi connectivity index (χ1n) is 10.4. The second-order valence-electron chi connectivity index (χ2n) is 7.40. The number of benzene rings is 3. The smallest absolute Gasteiger partial charge is 0.343 e. The first-order chi connectivity index (χ1) is 14.8. The van der Waals surface area contributed by atoms with Crippen LogP contribution in [0.4, 0.5) is 0 Å². The van der Waals surface area contributed by atoms with Gasteiger partial charge in [-0.05, 0) is 54.4 Å². The van der Waals surface area contributed by atoms with Crippen LogP contribution in [0.5, 0.6) is 11.5 Å². The van der Waals surface area contributed by atoms with Crippen LogP contribution in [0.15, 0.2) is 72.8 Å². The van der Waals surface area contributed by atoms with Crippen LogP contribution in [-0.4, -0.2) is 18.9 Å². The molecule has 0 heterocycles. The van der Waals surface area contributed by atoms with E-state index in [4.69, 9.17) is 9.47 Å². The molecule has 4 heteroatoms. The minimum atomic E-state index is -0.456. The highest BCUT2D eigenvalue weighted by Gasteiger charge is 2.23. The van der Waals surface area contributed by atoms with Gasteiger partial charge in [-0.1, -0.05) is 64.1 Å². The average molecular weight is 419 g/mol. The Bertz CT molecular complexity index is 999. The molecule has 0 saturated heterocycles. The van der Waals surface area contributed by atoms with Crippen LogP contribution < -0.4 is 9.47 Å². The van der Waals surface area contributed by atoms with Crippen LogP contribution in [-0.2, 0) is 5.41 Å². The van der Waals surface area contributed by atoms with Crippen LogP contribution in [0, 0.1) is 0 Å². The molecule has 0 bridgehead atoms. The average Bonchev–Trinajstić information content (AvgIpc) is 2.81. The van der Waals surface area contributed by atoms with Gasteiger partial charge in [-0.3, -0.25) is 4.79 Å². The van der Waals surface area contributed by atoms with Crippen molar-refractivity contribution in [2.24, 2.45) is 0 Å². The summed E-state index contributed by atoms with van der Waals surface area (Å²) in [6, 6.07) is 22.0. The minimum absolute atomic E-state index is 0.0417. The van der Waals surface area contributed by atoms with E-state index in [1.807, 2.05) is 38.1 Å². The van der Waals surface area contributed by atoms with Gasteiger partial charge in [-0.15, -0.1) is 0 Å². The molecule has 31 heavy (non-hydrogen) atoms. The topological polar surface area (TPSA) is 52.6 Å². The van der Waals surface area contributed by atoms with E-state index in [1.54, 1.807) is 43.5 Å². The molecule has 0 atom stereocenters. The molecule has 0 unspecified atom stereocenters. The zero-order valence-electron chi connectivity index (χ0n) is 19.1. The van der Waals surface area contributed by atoms with Gasteiger partial charge in [0.05, 0.1) is 12.7 Å². The summed E-state index contributed by atoms with van der Waals surface area (Å²) in [5, 5.41) is 0. The Labute approximate surface area is 184 Å². The van der Waals surface area contributed by atoms with Gasteiger partial charge in [-0.2, -0.15) is 0 Å². The van der Waals surface area contributed by atoms with E-state index in [1.165, 1.54) is 6.92 Å². The van der Waals surface area contributed by atoms with Gasteiger partial charge in [0, 0.05) is 11.0 Å². The van der Waals surface area contributed by atoms with Gasteiger partial charge < -0.3 is 9.47 Å². The normalized spacial score (nSPS) is 10.5. The molecule has 0 aromatic heterocycles. The molecule has 0 aliphatic rings. The molecule has 0 aliphatic carbocycles. The van der Waals surface area contributed by atoms with Crippen molar-refractivity contribution in [1.82, 2.24) is 0 Å². The third kappa shape index (κ3) is 5.82. The van der Waals surface area contributed by atoms with Crippen molar-refractivity contribution in [3.05, 3.63) is 95.1 Å². The Morgan fingerprint density at radius 1 is 0.677 bits per heavy atom. The van der Waals surface area contributed by atoms with E-state index >= 15 is 0 Å². The summed E-state index contributed by atoms with van der Waals surface area (Å²) in [7, 11) is 1.65. The van der Waals surface area contributed by atoms with Crippen molar-refractivity contribution < 1.29 is 19.1 Å². The van der Waals surface area contributed by atoms with E-state index < -0.39 is 5.97 Å². The van der Waals surface area contributed by atoms with Gasteiger partial charge in [0.25, 0.3) is 0 Å². The number of rotatable bonds is 6. The zero-order valence-corrected chi connectivity index (χ0v) is 19.1. The van der Waals surface area contributed by atoms with E-state index in [0.717, 1.165) is 16.9 Å². The highest BCUT2D eigenvalue weighted by atomic mass is 16.5. The molecule has 3 aromatic carbocycles. The molecule has 162 valence electrons. The summed E-state index contributed by atoms with van der Waals surface area (Å²) in [4.78, 5) is 23.7. The minimum Gasteiger partial charge on any atom is -0.497 e. The van der Waals surface area contributed by atoms with Crippen molar-refractivity contribution in [2.75, 3.05) is 7.11 Å². The molecule has 0 saturated carbocycles. The van der Waals surface area contributed by atoms with Crippen molar-refractivity contribution in [3.63, 3.8) is 0 Å². The Kier molecular flexibility index (Phi) is 8.14. The van der Waals surface area contributed by atoms with Crippen LogP contribution >= 0.6 is 0 Å². The van der Waals surface area contributed by atoms with E-state index in [0.29, 0.717) is 16.9 Å². The maximum atomic E-state index is 12.3. The molecule has 4 nitrogen and oxygen atoms in total. The predicted molar refractivity (Wildman–Crippen MR) is 124 cm³/mol. The summed E-state index contributed by atoms with van der Waals surface area (Å²) >= 11 is 0. The number of hydrogen-bond acceptors (Lipinski definition) is 4. The maximum absolute atomic E-state index is 12.3. The molecule has 3 aromatic rings. The second kappa shape index (κ2) is 10.6. The zero-order chi connectivity index (χ0) is 23.0. The van der Waals surface area contributed by atoms with Gasteiger partial charge in [-0.25, -0.2) is 4.79 Å². The molecule has 0 radical (unpaired) electrons. The first kappa shape index (κ1) is 23.9. The Balaban J connectivity index is 0.00000166. The van der Waals surface area contributed by atoms with Crippen LogP contribution in [0.3, 0.4) is 0 Å². The van der Waals surface area contributed by atoms with Crippen LogP contribution in [0.1, 0.15) is 66.5 Å². The summed E-state index contributed by atoms with van der Waals surface area (Å²) in [5.41, 5.74) is 3.02. The maximum Gasteiger partial charge on any atom is 0.343 e. The SMILES string of the molecule is CC.COc1ccc(C(C)(C)c2ccc(OC(=O)c3ccc(C(C)=O)cc3)cc2)cc1. The summed E-state index contributed by atoms with van der Waals surface area (Å²) < 4.78 is 10.7. The fourth-order valence-corrected chi connectivity index (χ4v) is 3.12. The fraction of sp³-hybridized carbons (Fsp3) is 0.259. The number of ether oxygens (including phenoxy) is 2. The quantitative estimate of drug-likeness (QED) is 0.261. The van der Waals surface area contributed by atoms with Crippen molar-refractivity contribution in [2.45, 2.75) is 40.0 Å². The number of ketones is 1. The lowest BCUT2D eigenvalue weighted by molar-refractivity contribution is 0.0734. The molecule has 0 fully saturated rings. The van der Waals surface area contributed by atoms with Crippen LogP contribution in [0.25, 0.3) is 0 Å². The van der Waals surface area contributed by atoms with Crippen molar-refractivity contribution in [3.8, 4) is 11.5 Å². The van der Waals surface area contributed by atoms with Gasteiger partial charge >= 0.3 is 5.97 Å². The molecule has 0 amide bonds. The molecule has 3 rings (SSSR count). The van der Waals surface area contributed by atoms with Gasteiger partial charge in [0.1, 0.15) is 11.5 Å². The van der Waals surface area contributed by atoms with Crippen molar-refractivity contribution in [1.29, 1.82) is 0 Å². The van der Waals surface area contributed by atoms with E-state index in [-0.39, 0.29) is 11.2 Å². The number of hydrogen-bond donors (Lipinski definition) is 0. The predicted octanol–water partition coefficient (Wildman–Crippen LogP) is 6.47. The molecular weight excluding hydrogens is 388 g/mol. The molecule has 0 spiro atoms. The van der Waals surface area contributed by atoms with Gasteiger partial charge in [0.15, 0.2) is 5.78 Å². The number of Topliss-reactive ketones (excluding diaryl/α,β-unsaturated/α-hetero) is 1. The van der Waals surface area contributed by atoms with E-state index in [9.17, 15) is 9.59 Å². The Morgan fingerprint density at radius 2 is 1.10 bits per heavy atom. The number of methoxy groups -OCH3 is 1. The summed E-state index contributed by atoms with van der Waals surface area (Å²) in [6.07, 6.45) is 0. The largest absolute Gasteiger partial charge is 0.497 e. The standard InChI is InChI=1S/C25H24O4.C2H6/c1-17(26)18-5-7-19(8-6-18)24(27)29-23-15-11-21(12-16-23)25(2,3)20-9-13-22(28-4)14-10-20;1-2/h5-16H,1-4H3;1-2H3.